The van der Waals surface area contributed by atoms with Crippen LogP contribution in [0.1, 0.15) is 16.8 Å². The third-order valence-corrected chi connectivity index (χ3v) is 6.36. The van der Waals surface area contributed by atoms with Crippen LogP contribution in [0.4, 0.5) is 4.39 Å². The fourth-order valence-electron chi connectivity index (χ4n) is 3.30. The van der Waals surface area contributed by atoms with Crippen LogP contribution in [0.5, 0.6) is 0 Å². The second kappa shape index (κ2) is 5.96. The molecule has 2 aliphatic rings. The maximum absolute atomic E-state index is 12.9. The number of carbonyl (C=O) groups excluding carboxylic acids is 1. The minimum Gasteiger partial charge on any atom is -0.329 e. The SMILES string of the molecule is O=C(c1ccc(F)cc1)N1CC[NH+]([C@@H]2CCS(=O)(=O)C2)CC1. The number of nitrogens with one attached hydrogen (secondary N) is 1. The van der Waals surface area contributed by atoms with Gasteiger partial charge in [-0.3, -0.25) is 4.79 Å². The van der Waals surface area contributed by atoms with Gasteiger partial charge in [-0.15, -0.1) is 0 Å². The van der Waals surface area contributed by atoms with E-state index in [2.05, 4.69) is 0 Å². The van der Waals surface area contributed by atoms with Crippen molar-refractivity contribution in [1.82, 2.24) is 4.90 Å². The molecule has 2 aliphatic heterocycles. The molecule has 2 fully saturated rings. The van der Waals surface area contributed by atoms with Crippen LogP contribution < -0.4 is 4.90 Å². The van der Waals surface area contributed by atoms with Crippen molar-refractivity contribution in [3.05, 3.63) is 35.6 Å². The minimum absolute atomic E-state index is 0.0851. The molecule has 120 valence electrons. The third-order valence-electron chi connectivity index (χ3n) is 4.59. The van der Waals surface area contributed by atoms with Crippen molar-refractivity contribution >= 4 is 15.7 Å². The summed E-state index contributed by atoms with van der Waals surface area (Å²) >= 11 is 0. The lowest BCUT2D eigenvalue weighted by atomic mass is 10.1. The van der Waals surface area contributed by atoms with Gasteiger partial charge in [0.2, 0.25) is 0 Å². The van der Waals surface area contributed by atoms with Gasteiger partial charge < -0.3 is 9.80 Å². The molecule has 22 heavy (non-hydrogen) atoms. The van der Waals surface area contributed by atoms with E-state index in [9.17, 15) is 17.6 Å². The number of benzene rings is 1. The summed E-state index contributed by atoms with van der Waals surface area (Å²) in [5.74, 6) is 0.125. The maximum atomic E-state index is 12.9. The molecule has 2 saturated heterocycles. The summed E-state index contributed by atoms with van der Waals surface area (Å²) in [6, 6.07) is 5.75. The summed E-state index contributed by atoms with van der Waals surface area (Å²) in [6.07, 6.45) is 0.726. The van der Waals surface area contributed by atoms with Gasteiger partial charge in [0.15, 0.2) is 9.84 Å². The molecule has 0 unspecified atom stereocenters. The molecule has 1 N–H and O–H groups in total. The molecule has 1 atom stereocenters. The van der Waals surface area contributed by atoms with Gasteiger partial charge in [0, 0.05) is 12.0 Å². The highest BCUT2D eigenvalue weighted by Gasteiger charge is 2.37. The van der Waals surface area contributed by atoms with Gasteiger partial charge in [-0.05, 0) is 24.3 Å². The molecule has 0 spiro atoms. The van der Waals surface area contributed by atoms with Crippen LogP contribution >= 0.6 is 0 Å². The topological polar surface area (TPSA) is 58.9 Å². The van der Waals surface area contributed by atoms with E-state index in [-0.39, 0.29) is 23.5 Å². The molecule has 0 aromatic heterocycles. The zero-order valence-electron chi connectivity index (χ0n) is 12.3. The second-order valence-electron chi connectivity index (χ2n) is 6.06. The highest BCUT2D eigenvalue weighted by Crippen LogP contribution is 2.10. The molecule has 0 bridgehead atoms. The number of sulfone groups is 1. The number of amides is 1. The summed E-state index contributed by atoms with van der Waals surface area (Å²) in [5.41, 5.74) is 0.494. The number of halogens is 1. The Kier molecular flexibility index (Phi) is 4.18. The van der Waals surface area contributed by atoms with Crippen molar-refractivity contribution < 1.29 is 22.5 Å². The first-order chi connectivity index (χ1) is 10.4. The Hall–Kier alpha value is -1.47. The average Bonchev–Trinajstić information content (AvgIpc) is 2.88. The minimum atomic E-state index is -2.86. The number of carbonyl (C=O) groups is 1. The maximum Gasteiger partial charge on any atom is 0.254 e. The van der Waals surface area contributed by atoms with E-state index >= 15 is 0 Å². The fourth-order valence-corrected chi connectivity index (χ4v) is 5.12. The summed E-state index contributed by atoms with van der Waals surface area (Å²) in [4.78, 5) is 15.4. The lowest BCUT2D eigenvalue weighted by molar-refractivity contribution is -0.925. The molecule has 5 nitrogen and oxygen atoms in total. The van der Waals surface area contributed by atoms with Crippen molar-refractivity contribution in [3.63, 3.8) is 0 Å². The Morgan fingerprint density at radius 1 is 1.18 bits per heavy atom. The van der Waals surface area contributed by atoms with Crippen LogP contribution in [0.25, 0.3) is 0 Å². The van der Waals surface area contributed by atoms with E-state index < -0.39 is 9.84 Å². The van der Waals surface area contributed by atoms with E-state index in [0.717, 1.165) is 19.5 Å². The molecule has 3 rings (SSSR count). The Morgan fingerprint density at radius 2 is 1.82 bits per heavy atom. The standard InChI is InChI=1S/C15H19FN2O3S/c16-13-3-1-12(2-4-13)15(19)18-8-6-17(7-9-18)14-5-10-22(20,21)11-14/h1-4,14H,5-11H2/p+1/t14-/m1/s1. The van der Waals surface area contributed by atoms with Gasteiger partial charge in [0.05, 0.1) is 31.9 Å². The Morgan fingerprint density at radius 3 is 2.36 bits per heavy atom. The largest absolute Gasteiger partial charge is 0.329 e. The monoisotopic (exact) mass is 327 g/mol. The highest BCUT2D eigenvalue weighted by molar-refractivity contribution is 7.91. The Bertz CT molecular complexity index is 652. The predicted octanol–water partition coefficient (Wildman–Crippen LogP) is -0.646. The van der Waals surface area contributed by atoms with Crippen molar-refractivity contribution in [2.45, 2.75) is 12.5 Å². The van der Waals surface area contributed by atoms with Gasteiger partial charge in [0.1, 0.15) is 17.6 Å². The van der Waals surface area contributed by atoms with Crippen molar-refractivity contribution in [2.24, 2.45) is 0 Å². The predicted molar refractivity (Wildman–Crippen MR) is 80.1 cm³/mol. The van der Waals surface area contributed by atoms with Gasteiger partial charge in [-0.1, -0.05) is 0 Å². The number of quaternary nitrogens is 1. The van der Waals surface area contributed by atoms with Crippen LogP contribution in [0.2, 0.25) is 0 Å². The summed E-state index contributed by atoms with van der Waals surface area (Å²) in [5, 5.41) is 0. The van der Waals surface area contributed by atoms with Gasteiger partial charge in [-0.25, -0.2) is 12.8 Å². The zero-order chi connectivity index (χ0) is 15.7. The normalized spacial score (nSPS) is 25.3. The van der Waals surface area contributed by atoms with Gasteiger partial charge in [-0.2, -0.15) is 0 Å². The van der Waals surface area contributed by atoms with E-state index in [1.54, 1.807) is 4.90 Å². The van der Waals surface area contributed by atoms with Crippen molar-refractivity contribution in [1.29, 1.82) is 0 Å². The smallest absolute Gasteiger partial charge is 0.254 e. The molecular weight excluding hydrogens is 307 g/mol. The van der Waals surface area contributed by atoms with E-state index in [1.165, 1.54) is 29.2 Å². The van der Waals surface area contributed by atoms with Gasteiger partial charge >= 0.3 is 0 Å². The first kappa shape index (κ1) is 15.4. The molecule has 0 aliphatic carbocycles. The molecule has 1 aromatic carbocycles. The van der Waals surface area contributed by atoms with Crippen LogP contribution in [0.15, 0.2) is 24.3 Å². The van der Waals surface area contributed by atoms with Crippen LogP contribution in [0, 0.1) is 5.82 Å². The zero-order valence-corrected chi connectivity index (χ0v) is 13.1. The van der Waals surface area contributed by atoms with E-state index in [0.29, 0.717) is 24.4 Å². The number of hydrogen-bond donors (Lipinski definition) is 1. The summed E-state index contributed by atoms with van der Waals surface area (Å²) in [7, 11) is -2.86. The van der Waals surface area contributed by atoms with E-state index in [1.807, 2.05) is 0 Å². The molecule has 1 aromatic rings. The molecular formula is C15H20FN2O3S+. The van der Waals surface area contributed by atoms with E-state index in [4.69, 9.17) is 0 Å². The van der Waals surface area contributed by atoms with Crippen molar-refractivity contribution in [2.75, 3.05) is 37.7 Å². The van der Waals surface area contributed by atoms with Crippen LogP contribution in [-0.2, 0) is 9.84 Å². The highest BCUT2D eigenvalue weighted by atomic mass is 32.2. The molecule has 0 radical (unpaired) electrons. The first-order valence-corrected chi connectivity index (χ1v) is 9.36. The Balaban J connectivity index is 1.57. The molecule has 1 amide bonds. The molecule has 7 heteroatoms. The molecule has 2 heterocycles. The quantitative estimate of drug-likeness (QED) is 0.786. The second-order valence-corrected chi connectivity index (χ2v) is 8.29. The number of rotatable bonds is 2. The van der Waals surface area contributed by atoms with Crippen LogP contribution in [0.3, 0.4) is 0 Å². The van der Waals surface area contributed by atoms with Crippen molar-refractivity contribution in [3.8, 4) is 0 Å². The third kappa shape index (κ3) is 3.30. The molecule has 0 saturated carbocycles. The summed E-state index contributed by atoms with van der Waals surface area (Å²) in [6.45, 7) is 2.77. The number of nitrogens with zero attached hydrogens (tertiary/aromatic N) is 1. The lowest BCUT2D eigenvalue weighted by Crippen LogP contribution is -3.18. The Labute approximate surface area is 129 Å². The fraction of sp³-hybridized carbons (Fsp3) is 0.533. The van der Waals surface area contributed by atoms with Gasteiger partial charge in [0.25, 0.3) is 5.91 Å². The number of hydrogen-bond acceptors (Lipinski definition) is 3. The lowest BCUT2D eigenvalue weighted by Gasteiger charge is -2.35. The first-order valence-electron chi connectivity index (χ1n) is 7.54. The van der Waals surface area contributed by atoms with Crippen LogP contribution in [-0.4, -0.2) is 63.0 Å². The number of piperazine rings is 1. The summed E-state index contributed by atoms with van der Waals surface area (Å²) < 4.78 is 36.0. The average molecular weight is 327 g/mol.